The summed E-state index contributed by atoms with van der Waals surface area (Å²) in [4.78, 5) is 34.5. The molecule has 60 heavy (non-hydrogen) atoms. The van der Waals surface area contributed by atoms with Gasteiger partial charge < -0.3 is 14.4 Å². The molecule has 0 aliphatic rings. The summed E-state index contributed by atoms with van der Waals surface area (Å²) in [6.07, 6.45) is 36.4. The van der Waals surface area contributed by atoms with Crippen LogP contribution in [0.1, 0.15) is 239 Å². The lowest BCUT2D eigenvalue weighted by Gasteiger charge is -2.19. The third kappa shape index (κ3) is 44.8. The van der Waals surface area contributed by atoms with Crippen LogP contribution >= 0.6 is 7.82 Å². The second-order valence-electron chi connectivity index (χ2n) is 16.0. The number of phosphoric acid groups is 1. The molecule has 0 aliphatic carbocycles. The molecule has 0 fully saturated rings. The number of ether oxygens (including phenoxy) is 2. The van der Waals surface area contributed by atoms with E-state index in [0.717, 1.165) is 103 Å². The number of rotatable bonds is 40. The Labute approximate surface area is 368 Å². The van der Waals surface area contributed by atoms with Gasteiger partial charge >= 0.3 is 19.8 Å². The highest BCUT2D eigenvalue weighted by molar-refractivity contribution is 7.47. The second kappa shape index (κ2) is 45.8. The molecule has 0 amide bonds. The average molecular weight is 857 g/mol. The summed E-state index contributed by atoms with van der Waals surface area (Å²) in [5, 5.41) is 0. The average Bonchev–Trinajstić information content (AvgIpc) is 3.24. The quantitative estimate of drug-likeness (QED) is 0.0281. The Morgan fingerprint density at radius 2 is 0.833 bits per heavy atom. The van der Waals surface area contributed by atoms with Gasteiger partial charge in [0.25, 0.3) is 0 Å². The summed E-state index contributed by atoms with van der Waals surface area (Å²) in [6, 6.07) is 0. The molecule has 2 unspecified atom stereocenters. The van der Waals surface area contributed by atoms with Gasteiger partial charge in [-0.05, 0) is 62.2 Å². The van der Waals surface area contributed by atoms with Crippen LogP contribution < -0.4 is 0 Å². The molecule has 8 nitrogen and oxygen atoms in total. The maximum atomic E-state index is 12.6. The van der Waals surface area contributed by atoms with Crippen LogP contribution in [0.25, 0.3) is 0 Å². The largest absolute Gasteiger partial charge is 0.472 e. The molecule has 342 valence electrons. The molecule has 0 spiro atoms. The molecule has 0 saturated heterocycles. The number of carbonyl (C=O) groups excluding carboxylic acids is 2. The topological polar surface area (TPSA) is 108 Å². The Morgan fingerprint density at radius 3 is 1.20 bits per heavy atom. The zero-order chi connectivity index (χ0) is 43.9. The van der Waals surface area contributed by atoms with E-state index in [2.05, 4.69) is 65.7 Å². The van der Waals surface area contributed by atoms with Crippen LogP contribution in [0.3, 0.4) is 0 Å². The molecule has 0 saturated carbocycles. The highest BCUT2D eigenvalue weighted by Gasteiger charge is 2.24. The van der Waals surface area contributed by atoms with Crippen molar-refractivity contribution in [2.24, 2.45) is 0 Å². The Hall–Kier alpha value is -2.71. The van der Waals surface area contributed by atoms with E-state index in [-0.39, 0.29) is 32.0 Å². The number of esters is 2. The number of hydrogen-bond donors (Lipinski definition) is 1. The molecule has 0 aromatic rings. The van der Waals surface area contributed by atoms with Crippen LogP contribution in [0.5, 0.6) is 0 Å². The summed E-state index contributed by atoms with van der Waals surface area (Å²) in [5.41, 5.74) is 0. The molecule has 9 heteroatoms. The molecule has 0 bridgehead atoms. The smallest absolute Gasteiger partial charge is 0.466 e. The third-order valence-corrected chi connectivity index (χ3v) is 11.2. The van der Waals surface area contributed by atoms with Crippen molar-refractivity contribution < 1.29 is 37.6 Å². The van der Waals surface area contributed by atoms with Crippen molar-refractivity contribution >= 4 is 19.8 Å². The van der Waals surface area contributed by atoms with E-state index in [0.29, 0.717) is 12.8 Å². The summed E-state index contributed by atoms with van der Waals surface area (Å²) < 4.78 is 32.2. The second-order valence-corrected chi connectivity index (χ2v) is 17.5. The van der Waals surface area contributed by atoms with Gasteiger partial charge in [0, 0.05) is 52.1 Å². The summed E-state index contributed by atoms with van der Waals surface area (Å²) >= 11 is 0. The van der Waals surface area contributed by atoms with E-state index < -0.39 is 19.9 Å². The van der Waals surface area contributed by atoms with E-state index in [1.165, 1.54) is 103 Å². The van der Waals surface area contributed by atoms with Crippen molar-refractivity contribution in [3.05, 3.63) is 0 Å². The Kier molecular flexibility index (Phi) is 43.7. The molecule has 0 radical (unpaired) electrons. The van der Waals surface area contributed by atoms with Gasteiger partial charge in [-0.1, -0.05) is 179 Å². The van der Waals surface area contributed by atoms with Gasteiger partial charge in [0.05, 0.1) is 13.2 Å². The van der Waals surface area contributed by atoms with Crippen molar-refractivity contribution in [3.8, 4) is 47.4 Å². The van der Waals surface area contributed by atoms with Crippen molar-refractivity contribution in [1.29, 1.82) is 0 Å². The van der Waals surface area contributed by atoms with E-state index in [4.69, 9.17) is 14.0 Å². The first-order valence-electron chi connectivity index (χ1n) is 24.1. The van der Waals surface area contributed by atoms with E-state index >= 15 is 0 Å². The van der Waals surface area contributed by atoms with Crippen LogP contribution in [0.15, 0.2) is 0 Å². The summed E-state index contributed by atoms with van der Waals surface area (Å²) in [5.74, 6) is 23.9. The summed E-state index contributed by atoms with van der Waals surface area (Å²) in [6.45, 7) is 4.18. The molecule has 0 aromatic heterocycles. The van der Waals surface area contributed by atoms with Crippen LogP contribution in [0.4, 0.5) is 0 Å². The van der Waals surface area contributed by atoms with Crippen LogP contribution in [0.2, 0.25) is 0 Å². The first-order chi connectivity index (χ1) is 29.3. The number of phosphoric ester groups is 1. The lowest BCUT2D eigenvalue weighted by molar-refractivity contribution is -0.153. The highest BCUT2D eigenvalue weighted by atomic mass is 31.2. The monoisotopic (exact) mass is 857 g/mol. The summed E-state index contributed by atoms with van der Waals surface area (Å²) in [7, 11) is -3.18. The molecule has 0 rings (SSSR count). The lowest BCUT2D eigenvalue weighted by Crippen LogP contribution is -2.25. The van der Waals surface area contributed by atoms with Gasteiger partial charge in [-0.2, -0.15) is 0 Å². The van der Waals surface area contributed by atoms with Gasteiger partial charge in [0.15, 0.2) is 0 Å². The molecule has 0 heterocycles. The lowest BCUT2D eigenvalue weighted by atomic mass is 10.1. The number of hydrogen-bond acceptors (Lipinski definition) is 7. The standard InChI is InChI=1S/C51H85O8P/c1-4-6-8-10-12-14-16-18-20-22-24-26-28-30-32-34-36-38-40-42-44-50(52)57-47-46-49(48-58-60(54,55)56-3)59-51(53)45-43-41-39-37-35-33-31-29-27-25-23-21-19-17-15-13-11-9-7-5-2/h49H,4-21,30-48H2,1-3H3,(H,54,55). The van der Waals surface area contributed by atoms with Gasteiger partial charge in [-0.25, -0.2) is 4.57 Å². The molecular weight excluding hydrogens is 772 g/mol. The SMILES string of the molecule is CCCCCCCCCCC#CC#CCCCCCCCCC(=O)OCCC(COP(=O)(O)OC)OC(=O)CCCCCCCCC#CC#CCCCCCCCCCC. The van der Waals surface area contributed by atoms with E-state index in [1.54, 1.807) is 0 Å². The minimum Gasteiger partial charge on any atom is -0.466 e. The van der Waals surface area contributed by atoms with Crippen molar-refractivity contribution in [1.82, 2.24) is 0 Å². The Morgan fingerprint density at radius 1 is 0.500 bits per heavy atom. The van der Waals surface area contributed by atoms with Crippen molar-refractivity contribution in [3.63, 3.8) is 0 Å². The van der Waals surface area contributed by atoms with Crippen molar-refractivity contribution in [2.75, 3.05) is 20.3 Å². The zero-order valence-corrected chi connectivity index (χ0v) is 39.4. The molecule has 0 aromatic carbocycles. The van der Waals surface area contributed by atoms with Gasteiger partial charge in [-0.15, -0.1) is 0 Å². The van der Waals surface area contributed by atoms with Crippen molar-refractivity contribution in [2.45, 2.75) is 245 Å². The first kappa shape index (κ1) is 57.3. The van der Waals surface area contributed by atoms with Crippen LogP contribution in [-0.4, -0.2) is 43.3 Å². The highest BCUT2D eigenvalue weighted by Crippen LogP contribution is 2.42. The van der Waals surface area contributed by atoms with Gasteiger partial charge in [0.2, 0.25) is 0 Å². The first-order valence-corrected chi connectivity index (χ1v) is 25.6. The third-order valence-electron chi connectivity index (χ3n) is 10.3. The Balaban J connectivity index is 4.02. The minimum atomic E-state index is -4.25. The molecule has 0 aliphatic heterocycles. The van der Waals surface area contributed by atoms with Crippen LogP contribution in [-0.2, 0) is 32.7 Å². The van der Waals surface area contributed by atoms with Gasteiger partial charge in [0.1, 0.15) is 6.10 Å². The predicted molar refractivity (Wildman–Crippen MR) is 248 cm³/mol. The zero-order valence-electron chi connectivity index (χ0n) is 38.5. The molecular formula is C51H85O8P. The van der Waals surface area contributed by atoms with E-state index in [9.17, 15) is 19.0 Å². The number of carbonyl (C=O) groups is 2. The van der Waals surface area contributed by atoms with Gasteiger partial charge in [-0.3, -0.25) is 18.6 Å². The fraction of sp³-hybridized carbons (Fsp3) is 0.804. The molecule has 2 atom stereocenters. The fourth-order valence-electron chi connectivity index (χ4n) is 6.53. The fourth-order valence-corrected chi connectivity index (χ4v) is 6.99. The predicted octanol–water partition coefficient (Wildman–Crippen LogP) is 13.9. The maximum absolute atomic E-state index is 12.6. The maximum Gasteiger partial charge on any atom is 0.472 e. The number of unbranched alkanes of at least 4 members (excludes halogenated alkanes) is 28. The van der Waals surface area contributed by atoms with E-state index in [1.807, 2.05) is 0 Å². The minimum absolute atomic E-state index is 0.0176. The normalized spacial score (nSPS) is 12.0. The Bertz CT molecular complexity index is 1330. The molecule has 1 N–H and O–H groups in total. The van der Waals surface area contributed by atoms with Crippen LogP contribution in [0, 0.1) is 47.4 Å².